The molecule has 0 aromatic heterocycles. The predicted molar refractivity (Wildman–Crippen MR) is 58.4 cm³/mol. The van der Waals surface area contributed by atoms with Gasteiger partial charge in [-0.05, 0) is 70.1 Å². The standard InChI is InChI=1S/C13H22O2/c1-12(2,15-14)13-6-9-3-10(7-13)5-11(4-9)8-13/h9-11,14H,3-8H2,1-2H3. The highest BCUT2D eigenvalue weighted by Crippen LogP contribution is 2.64. The summed E-state index contributed by atoms with van der Waals surface area (Å²) >= 11 is 0. The van der Waals surface area contributed by atoms with E-state index in [0.29, 0.717) is 0 Å². The second-order valence-corrected chi connectivity index (χ2v) is 6.80. The molecule has 0 unspecified atom stereocenters. The first-order chi connectivity index (χ1) is 7.05. The van der Waals surface area contributed by atoms with Crippen LogP contribution in [0.2, 0.25) is 0 Å². The van der Waals surface area contributed by atoms with Crippen LogP contribution in [-0.2, 0) is 4.89 Å². The third-order valence-electron chi connectivity index (χ3n) is 5.54. The van der Waals surface area contributed by atoms with Crippen molar-refractivity contribution in [3.05, 3.63) is 0 Å². The van der Waals surface area contributed by atoms with Gasteiger partial charge in [0.05, 0.1) is 0 Å². The molecule has 86 valence electrons. The van der Waals surface area contributed by atoms with Crippen LogP contribution < -0.4 is 0 Å². The Kier molecular flexibility index (Phi) is 2.01. The van der Waals surface area contributed by atoms with E-state index in [0.717, 1.165) is 17.8 Å². The zero-order chi connectivity index (χ0) is 10.7. The number of rotatable bonds is 2. The van der Waals surface area contributed by atoms with Gasteiger partial charge >= 0.3 is 0 Å². The molecule has 15 heavy (non-hydrogen) atoms. The summed E-state index contributed by atoms with van der Waals surface area (Å²) in [4.78, 5) is 4.82. The van der Waals surface area contributed by atoms with Crippen LogP contribution in [0.15, 0.2) is 0 Å². The largest absolute Gasteiger partial charge is 0.251 e. The minimum absolute atomic E-state index is 0.274. The molecule has 2 heteroatoms. The van der Waals surface area contributed by atoms with Gasteiger partial charge in [-0.1, -0.05) is 0 Å². The minimum Gasteiger partial charge on any atom is -0.251 e. The van der Waals surface area contributed by atoms with Crippen LogP contribution in [0, 0.1) is 23.2 Å². The van der Waals surface area contributed by atoms with E-state index in [1.165, 1.54) is 38.5 Å². The van der Waals surface area contributed by atoms with E-state index in [-0.39, 0.29) is 11.0 Å². The SMILES string of the molecule is CC(C)(OO)C12CC3CC(CC(C3)C1)C2. The van der Waals surface area contributed by atoms with Crippen LogP contribution in [0.5, 0.6) is 0 Å². The van der Waals surface area contributed by atoms with Crippen molar-refractivity contribution >= 4 is 0 Å². The minimum atomic E-state index is -0.344. The predicted octanol–water partition coefficient (Wildman–Crippen LogP) is 3.47. The van der Waals surface area contributed by atoms with Crippen LogP contribution in [-0.4, -0.2) is 10.9 Å². The molecule has 4 rings (SSSR count). The Morgan fingerprint density at radius 2 is 1.40 bits per heavy atom. The molecular weight excluding hydrogens is 188 g/mol. The van der Waals surface area contributed by atoms with Gasteiger partial charge in [-0.2, -0.15) is 0 Å². The molecule has 0 radical (unpaired) electrons. The van der Waals surface area contributed by atoms with E-state index in [9.17, 15) is 0 Å². The van der Waals surface area contributed by atoms with Gasteiger partial charge in [0.25, 0.3) is 0 Å². The molecule has 4 aliphatic carbocycles. The third-order valence-corrected chi connectivity index (χ3v) is 5.54. The Morgan fingerprint density at radius 1 is 1.00 bits per heavy atom. The smallest absolute Gasteiger partial charge is 0.103 e. The van der Waals surface area contributed by atoms with Gasteiger partial charge in [0.15, 0.2) is 0 Å². The molecule has 0 heterocycles. The van der Waals surface area contributed by atoms with Crippen molar-refractivity contribution in [2.24, 2.45) is 23.2 Å². The lowest BCUT2D eigenvalue weighted by molar-refractivity contribution is -0.358. The Morgan fingerprint density at radius 3 is 1.73 bits per heavy atom. The van der Waals surface area contributed by atoms with Crippen LogP contribution in [0.25, 0.3) is 0 Å². The van der Waals surface area contributed by atoms with Crippen LogP contribution in [0.3, 0.4) is 0 Å². The van der Waals surface area contributed by atoms with E-state index < -0.39 is 0 Å². The van der Waals surface area contributed by atoms with Crippen LogP contribution >= 0.6 is 0 Å². The maximum Gasteiger partial charge on any atom is 0.103 e. The van der Waals surface area contributed by atoms with Gasteiger partial charge in [-0.25, -0.2) is 4.89 Å². The molecule has 0 amide bonds. The maximum atomic E-state index is 9.15. The normalized spacial score (nSPS) is 48.6. The summed E-state index contributed by atoms with van der Waals surface area (Å²) in [5.41, 5.74) is -0.0699. The second-order valence-electron chi connectivity index (χ2n) is 6.80. The molecule has 0 spiro atoms. The fraction of sp³-hybridized carbons (Fsp3) is 1.00. The lowest BCUT2D eigenvalue weighted by atomic mass is 9.46. The van der Waals surface area contributed by atoms with E-state index in [1.54, 1.807) is 0 Å². The molecule has 4 aliphatic rings. The van der Waals surface area contributed by atoms with Crippen molar-refractivity contribution in [2.75, 3.05) is 0 Å². The molecule has 1 N–H and O–H groups in total. The zero-order valence-electron chi connectivity index (χ0n) is 9.83. The van der Waals surface area contributed by atoms with Gasteiger partial charge in [0.1, 0.15) is 5.60 Å². The van der Waals surface area contributed by atoms with Crippen LogP contribution in [0.1, 0.15) is 52.4 Å². The quantitative estimate of drug-likeness (QED) is 0.558. The van der Waals surface area contributed by atoms with Gasteiger partial charge in [0, 0.05) is 5.41 Å². The molecule has 0 aromatic carbocycles. The molecule has 0 saturated heterocycles. The first-order valence-electron chi connectivity index (χ1n) is 6.37. The Bertz CT molecular complexity index is 234. The molecule has 0 aliphatic heterocycles. The fourth-order valence-corrected chi connectivity index (χ4v) is 4.94. The zero-order valence-corrected chi connectivity index (χ0v) is 9.83. The topological polar surface area (TPSA) is 29.5 Å². The molecule has 0 atom stereocenters. The van der Waals surface area contributed by atoms with Crippen molar-refractivity contribution in [3.8, 4) is 0 Å². The summed E-state index contributed by atoms with van der Waals surface area (Å²) in [6, 6.07) is 0. The average molecular weight is 210 g/mol. The Labute approximate surface area is 91.9 Å². The van der Waals surface area contributed by atoms with E-state index in [2.05, 4.69) is 13.8 Å². The van der Waals surface area contributed by atoms with E-state index in [1.807, 2.05) is 0 Å². The summed E-state index contributed by atoms with van der Waals surface area (Å²) in [5, 5.41) is 9.15. The third kappa shape index (κ3) is 1.31. The Hall–Kier alpha value is -0.0800. The van der Waals surface area contributed by atoms with Crippen molar-refractivity contribution < 1.29 is 10.1 Å². The fourth-order valence-electron chi connectivity index (χ4n) is 4.94. The van der Waals surface area contributed by atoms with Crippen molar-refractivity contribution in [2.45, 2.75) is 58.0 Å². The molecule has 4 bridgehead atoms. The molecular formula is C13H22O2. The van der Waals surface area contributed by atoms with Gasteiger partial charge in [-0.15, -0.1) is 0 Å². The summed E-state index contributed by atoms with van der Waals surface area (Å²) in [6.45, 7) is 4.14. The number of hydrogen-bond donors (Lipinski definition) is 1. The summed E-state index contributed by atoms with van der Waals surface area (Å²) in [5.74, 6) is 2.77. The lowest BCUT2D eigenvalue weighted by Crippen LogP contribution is -2.56. The molecule has 4 saturated carbocycles. The van der Waals surface area contributed by atoms with E-state index in [4.69, 9.17) is 10.1 Å². The van der Waals surface area contributed by atoms with Crippen molar-refractivity contribution in [1.29, 1.82) is 0 Å². The monoisotopic (exact) mass is 210 g/mol. The highest BCUT2D eigenvalue weighted by molar-refractivity contribution is 5.07. The first kappa shape index (κ1) is 10.1. The van der Waals surface area contributed by atoms with Gasteiger partial charge in [-0.3, -0.25) is 5.26 Å². The van der Waals surface area contributed by atoms with Gasteiger partial charge < -0.3 is 0 Å². The number of hydrogen-bond acceptors (Lipinski definition) is 2. The van der Waals surface area contributed by atoms with Gasteiger partial charge in [0.2, 0.25) is 0 Å². The van der Waals surface area contributed by atoms with E-state index >= 15 is 0 Å². The highest BCUT2D eigenvalue weighted by atomic mass is 17.1. The van der Waals surface area contributed by atoms with Crippen molar-refractivity contribution in [3.63, 3.8) is 0 Å². The molecule has 0 aromatic rings. The summed E-state index contributed by atoms with van der Waals surface area (Å²) in [7, 11) is 0. The molecule has 4 fully saturated rings. The van der Waals surface area contributed by atoms with Crippen molar-refractivity contribution in [1.82, 2.24) is 0 Å². The average Bonchev–Trinajstić information content (AvgIpc) is 2.15. The first-order valence-corrected chi connectivity index (χ1v) is 6.37. The maximum absolute atomic E-state index is 9.15. The molecule has 2 nitrogen and oxygen atoms in total. The Balaban J connectivity index is 1.93. The van der Waals surface area contributed by atoms with Crippen LogP contribution in [0.4, 0.5) is 0 Å². The summed E-state index contributed by atoms with van der Waals surface area (Å²) < 4.78 is 0. The highest BCUT2D eigenvalue weighted by Gasteiger charge is 2.58. The summed E-state index contributed by atoms with van der Waals surface area (Å²) in [6.07, 6.45) is 8.19. The second kappa shape index (κ2) is 2.98. The lowest BCUT2D eigenvalue weighted by Gasteiger charge is -2.61.